The number of carbonyl (C=O) groups excluding carboxylic acids is 2. The second-order valence-electron chi connectivity index (χ2n) is 7.35. The Hall–Kier alpha value is -1.36. The highest BCUT2D eigenvalue weighted by atomic mass is 32.1. The molecule has 2 amide bonds. The van der Waals surface area contributed by atoms with Crippen molar-refractivity contribution >= 4 is 23.2 Å². The van der Waals surface area contributed by atoms with Gasteiger partial charge in [0.2, 0.25) is 5.91 Å². The van der Waals surface area contributed by atoms with Crippen molar-refractivity contribution in [2.24, 2.45) is 11.3 Å². The van der Waals surface area contributed by atoms with Crippen LogP contribution >= 0.6 is 11.3 Å². The normalized spacial score (nSPS) is 28.4. The molecule has 1 aromatic rings. The Labute approximate surface area is 141 Å². The zero-order valence-electron chi connectivity index (χ0n) is 13.5. The SMILES string of the molecule is O=C(c1cccs1)N1CCC[C@@]2(CC1)CCN(CC1CC1)C2=O. The van der Waals surface area contributed by atoms with Crippen LogP contribution in [0.4, 0.5) is 0 Å². The summed E-state index contributed by atoms with van der Waals surface area (Å²) in [7, 11) is 0. The van der Waals surface area contributed by atoms with Gasteiger partial charge >= 0.3 is 0 Å². The first-order valence-electron chi connectivity index (χ1n) is 8.80. The largest absolute Gasteiger partial charge is 0.342 e. The molecule has 0 radical (unpaired) electrons. The van der Waals surface area contributed by atoms with E-state index in [1.165, 1.54) is 24.2 Å². The van der Waals surface area contributed by atoms with E-state index >= 15 is 0 Å². The molecule has 4 nitrogen and oxygen atoms in total. The Morgan fingerprint density at radius 3 is 2.78 bits per heavy atom. The molecule has 0 unspecified atom stereocenters. The van der Waals surface area contributed by atoms with Gasteiger partial charge in [-0.3, -0.25) is 9.59 Å². The van der Waals surface area contributed by atoms with E-state index in [2.05, 4.69) is 4.90 Å². The fourth-order valence-corrected chi connectivity index (χ4v) is 4.79. The van der Waals surface area contributed by atoms with Crippen molar-refractivity contribution in [2.45, 2.75) is 38.5 Å². The van der Waals surface area contributed by atoms with E-state index in [1.807, 2.05) is 22.4 Å². The van der Waals surface area contributed by atoms with Gasteiger partial charge < -0.3 is 9.80 Å². The molecule has 2 aliphatic heterocycles. The fourth-order valence-electron chi connectivity index (χ4n) is 4.10. The van der Waals surface area contributed by atoms with E-state index in [0.29, 0.717) is 5.91 Å². The minimum atomic E-state index is -0.181. The summed E-state index contributed by atoms with van der Waals surface area (Å²) in [5.74, 6) is 1.27. The molecule has 1 spiro atoms. The maximum atomic E-state index is 12.9. The maximum absolute atomic E-state index is 12.9. The molecule has 1 aliphatic carbocycles. The van der Waals surface area contributed by atoms with Gasteiger partial charge in [-0.05, 0) is 55.9 Å². The Morgan fingerprint density at radius 2 is 2.04 bits per heavy atom. The molecule has 4 rings (SSSR count). The van der Waals surface area contributed by atoms with Gasteiger partial charge in [0.25, 0.3) is 5.91 Å². The molecule has 1 saturated carbocycles. The molecular weight excluding hydrogens is 308 g/mol. The van der Waals surface area contributed by atoms with E-state index in [-0.39, 0.29) is 11.3 Å². The van der Waals surface area contributed by atoms with Gasteiger partial charge in [0.15, 0.2) is 0 Å². The Kier molecular flexibility index (Phi) is 3.92. The second-order valence-corrected chi connectivity index (χ2v) is 8.30. The predicted octanol–water partition coefficient (Wildman–Crippen LogP) is 3.00. The van der Waals surface area contributed by atoms with E-state index < -0.39 is 0 Å². The summed E-state index contributed by atoms with van der Waals surface area (Å²) in [6.07, 6.45) is 6.30. The Balaban J connectivity index is 1.42. The molecular formula is C18H24N2O2S. The number of hydrogen-bond acceptors (Lipinski definition) is 3. The van der Waals surface area contributed by atoms with Crippen LogP contribution in [0.1, 0.15) is 48.2 Å². The van der Waals surface area contributed by atoms with Gasteiger partial charge in [-0.2, -0.15) is 0 Å². The molecule has 0 N–H and O–H groups in total. The van der Waals surface area contributed by atoms with Crippen LogP contribution in [0.5, 0.6) is 0 Å². The van der Waals surface area contributed by atoms with E-state index in [9.17, 15) is 9.59 Å². The molecule has 0 aromatic carbocycles. The van der Waals surface area contributed by atoms with E-state index in [1.54, 1.807) is 0 Å². The van der Waals surface area contributed by atoms with Gasteiger partial charge in [-0.1, -0.05) is 6.07 Å². The standard InChI is InChI=1S/C18H24N2O2S/c21-16(15-3-1-12-23-15)19-9-2-6-18(7-10-19)8-11-20(17(18)22)13-14-4-5-14/h1,3,12,14H,2,4-11,13H2/t18-/m1/s1. The predicted molar refractivity (Wildman–Crippen MR) is 90.4 cm³/mol. The highest BCUT2D eigenvalue weighted by Gasteiger charge is 2.48. The van der Waals surface area contributed by atoms with Crippen LogP contribution in [0.2, 0.25) is 0 Å². The fraction of sp³-hybridized carbons (Fsp3) is 0.667. The van der Waals surface area contributed by atoms with Gasteiger partial charge in [0, 0.05) is 26.2 Å². The topological polar surface area (TPSA) is 40.6 Å². The molecule has 0 bridgehead atoms. The number of amides is 2. The molecule has 3 aliphatic rings. The van der Waals surface area contributed by atoms with Gasteiger partial charge in [-0.15, -0.1) is 11.3 Å². The zero-order chi connectivity index (χ0) is 15.9. The third-order valence-corrected chi connectivity index (χ3v) is 6.60. The highest BCUT2D eigenvalue weighted by Crippen LogP contribution is 2.43. The number of hydrogen-bond donors (Lipinski definition) is 0. The molecule has 1 atom stereocenters. The van der Waals surface area contributed by atoms with Crippen molar-refractivity contribution in [2.75, 3.05) is 26.2 Å². The minimum absolute atomic E-state index is 0.136. The monoisotopic (exact) mass is 332 g/mol. The minimum Gasteiger partial charge on any atom is -0.342 e. The average Bonchev–Trinajstić information content (AvgIpc) is 3.18. The first-order chi connectivity index (χ1) is 11.2. The van der Waals surface area contributed by atoms with Crippen LogP contribution in [0.25, 0.3) is 0 Å². The summed E-state index contributed by atoms with van der Waals surface area (Å²) in [4.78, 5) is 30.4. The van der Waals surface area contributed by atoms with E-state index in [0.717, 1.165) is 62.7 Å². The molecule has 2 saturated heterocycles. The van der Waals surface area contributed by atoms with Crippen LogP contribution in [0.15, 0.2) is 17.5 Å². The van der Waals surface area contributed by atoms with Crippen molar-refractivity contribution in [1.82, 2.24) is 9.80 Å². The molecule has 3 fully saturated rings. The van der Waals surface area contributed by atoms with Crippen molar-refractivity contribution in [3.05, 3.63) is 22.4 Å². The lowest BCUT2D eigenvalue weighted by Crippen LogP contribution is -2.37. The quantitative estimate of drug-likeness (QED) is 0.854. The van der Waals surface area contributed by atoms with Crippen molar-refractivity contribution in [1.29, 1.82) is 0 Å². The second kappa shape index (κ2) is 5.93. The number of thiophene rings is 1. The Morgan fingerprint density at radius 1 is 1.22 bits per heavy atom. The van der Waals surface area contributed by atoms with Gasteiger partial charge in [0.05, 0.1) is 10.3 Å². The van der Waals surface area contributed by atoms with Crippen LogP contribution < -0.4 is 0 Å². The average molecular weight is 332 g/mol. The molecule has 5 heteroatoms. The van der Waals surface area contributed by atoms with Crippen LogP contribution in [-0.4, -0.2) is 47.8 Å². The van der Waals surface area contributed by atoms with Crippen LogP contribution in [0.3, 0.4) is 0 Å². The first-order valence-corrected chi connectivity index (χ1v) is 9.68. The number of likely N-dealkylation sites (tertiary alicyclic amines) is 2. The summed E-state index contributed by atoms with van der Waals surface area (Å²) in [6, 6.07) is 3.82. The van der Waals surface area contributed by atoms with Gasteiger partial charge in [-0.25, -0.2) is 0 Å². The van der Waals surface area contributed by atoms with Crippen LogP contribution in [0, 0.1) is 11.3 Å². The third kappa shape index (κ3) is 2.91. The van der Waals surface area contributed by atoms with E-state index in [4.69, 9.17) is 0 Å². The van der Waals surface area contributed by atoms with Crippen molar-refractivity contribution in [3.63, 3.8) is 0 Å². The molecule has 124 valence electrons. The van der Waals surface area contributed by atoms with Gasteiger partial charge in [0.1, 0.15) is 0 Å². The van der Waals surface area contributed by atoms with Crippen LogP contribution in [-0.2, 0) is 4.79 Å². The summed E-state index contributed by atoms with van der Waals surface area (Å²) in [6.45, 7) is 3.40. The lowest BCUT2D eigenvalue weighted by molar-refractivity contribution is -0.136. The summed E-state index contributed by atoms with van der Waals surface area (Å²) in [5.41, 5.74) is -0.181. The summed E-state index contributed by atoms with van der Waals surface area (Å²) >= 11 is 1.50. The number of nitrogens with zero attached hydrogens (tertiary/aromatic N) is 2. The lowest BCUT2D eigenvalue weighted by Gasteiger charge is -2.26. The number of rotatable bonds is 3. The first kappa shape index (κ1) is 15.2. The zero-order valence-corrected chi connectivity index (χ0v) is 14.3. The Bertz CT molecular complexity index is 596. The molecule has 23 heavy (non-hydrogen) atoms. The van der Waals surface area contributed by atoms with Crippen molar-refractivity contribution < 1.29 is 9.59 Å². The summed E-state index contributed by atoms with van der Waals surface area (Å²) < 4.78 is 0. The maximum Gasteiger partial charge on any atom is 0.263 e. The lowest BCUT2D eigenvalue weighted by atomic mass is 9.79. The van der Waals surface area contributed by atoms with Crippen molar-refractivity contribution in [3.8, 4) is 0 Å². The number of carbonyl (C=O) groups is 2. The highest BCUT2D eigenvalue weighted by molar-refractivity contribution is 7.12. The third-order valence-electron chi connectivity index (χ3n) is 5.74. The smallest absolute Gasteiger partial charge is 0.263 e. The summed E-state index contributed by atoms with van der Waals surface area (Å²) in [5, 5.41) is 1.95. The molecule has 3 heterocycles. The molecule has 1 aromatic heterocycles.